The van der Waals surface area contributed by atoms with Crippen LogP contribution in [-0.2, 0) is 13.6 Å². The Labute approximate surface area is 182 Å². The average molecular weight is 482 g/mol. The first-order valence-electron chi connectivity index (χ1n) is 9.07. The number of hydrogen-bond donors (Lipinski definition) is 0. The second-order valence-corrected chi connectivity index (χ2v) is 6.71. The normalized spacial score (nSPS) is 10.9. The van der Waals surface area contributed by atoms with Crippen LogP contribution >= 0.6 is 0 Å². The molecule has 2 aromatic heterocycles. The zero-order valence-electron chi connectivity index (χ0n) is 16.0. The van der Waals surface area contributed by atoms with E-state index in [4.69, 9.17) is 4.74 Å². The first-order valence-corrected chi connectivity index (χ1v) is 9.07. The molecule has 0 N–H and O–H groups in total. The quantitative estimate of drug-likeness (QED) is 0.313. The third kappa shape index (κ3) is 4.44. The molecule has 2 aromatic carbocycles. The van der Waals surface area contributed by atoms with Gasteiger partial charge in [0.25, 0.3) is 0 Å². The summed E-state index contributed by atoms with van der Waals surface area (Å²) in [6.07, 6.45) is 10.7. The molecule has 0 atom stereocenters. The molecular formula is C24H23IN2O. The molecule has 0 saturated heterocycles. The molecule has 0 bridgehead atoms. The second kappa shape index (κ2) is 9.06. The highest BCUT2D eigenvalue weighted by molar-refractivity contribution is 5.93. The summed E-state index contributed by atoms with van der Waals surface area (Å²) >= 11 is 0. The smallest absolute Gasteiger partial charge is 0.169 e. The van der Waals surface area contributed by atoms with Crippen molar-refractivity contribution < 1.29 is 33.3 Å². The molecule has 28 heavy (non-hydrogen) atoms. The standard InChI is InChI=1S/C24H23N2O.HI/c1-25-14-12-19(13-15-25)8-9-21-18-26(17-20-6-4-3-5-7-20)24-11-10-22(27-2)16-23(21)24;/h3-16,18H,17H2,1-2H3;1H/q+1;/p-1. The number of fused-ring (bicyclic) bond motifs is 1. The van der Waals surface area contributed by atoms with Crippen molar-refractivity contribution in [3.8, 4) is 5.75 Å². The third-order valence-electron chi connectivity index (χ3n) is 4.77. The largest absolute Gasteiger partial charge is 1.00 e. The molecule has 0 radical (unpaired) electrons. The van der Waals surface area contributed by atoms with Gasteiger partial charge in [0.15, 0.2) is 12.4 Å². The fourth-order valence-corrected chi connectivity index (χ4v) is 3.28. The molecule has 142 valence electrons. The first-order chi connectivity index (χ1) is 13.2. The number of methoxy groups -OCH3 is 1. The number of benzene rings is 2. The monoisotopic (exact) mass is 482 g/mol. The highest BCUT2D eigenvalue weighted by atomic mass is 127. The second-order valence-electron chi connectivity index (χ2n) is 6.71. The first kappa shape index (κ1) is 20.1. The molecule has 2 heterocycles. The van der Waals surface area contributed by atoms with Gasteiger partial charge in [-0.2, -0.15) is 0 Å². The Morgan fingerprint density at radius 2 is 1.71 bits per heavy atom. The summed E-state index contributed by atoms with van der Waals surface area (Å²) in [4.78, 5) is 0. The topological polar surface area (TPSA) is 18.0 Å². The van der Waals surface area contributed by atoms with Crippen LogP contribution in [0.25, 0.3) is 23.1 Å². The predicted octanol–water partition coefficient (Wildman–Crippen LogP) is 1.70. The minimum atomic E-state index is 0. The van der Waals surface area contributed by atoms with Crippen molar-refractivity contribution in [3.63, 3.8) is 0 Å². The molecule has 0 unspecified atom stereocenters. The van der Waals surface area contributed by atoms with E-state index in [1.54, 1.807) is 7.11 Å². The Balaban J connectivity index is 0.00000225. The average Bonchev–Trinajstić information content (AvgIpc) is 3.05. The van der Waals surface area contributed by atoms with Crippen molar-refractivity contribution >= 4 is 23.1 Å². The molecule has 3 nitrogen and oxygen atoms in total. The van der Waals surface area contributed by atoms with E-state index in [2.05, 4.69) is 89.9 Å². The van der Waals surface area contributed by atoms with Gasteiger partial charge in [0, 0.05) is 41.3 Å². The maximum Gasteiger partial charge on any atom is 0.169 e. The van der Waals surface area contributed by atoms with Gasteiger partial charge in [-0.3, -0.25) is 0 Å². The number of ether oxygens (including phenoxy) is 1. The summed E-state index contributed by atoms with van der Waals surface area (Å²) in [5.74, 6) is 0.876. The number of pyridine rings is 1. The van der Waals surface area contributed by atoms with Crippen LogP contribution in [0.1, 0.15) is 16.7 Å². The van der Waals surface area contributed by atoms with Crippen LogP contribution in [0.3, 0.4) is 0 Å². The van der Waals surface area contributed by atoms with Crippen LogP contribution < -0.4 is 33.3 Å². The minimum Gasteiger partial charge on any atom is -1.00 e. The maximum atomic E-state index is 5.44. The molecule has 0 fully saturated rings. The molecule has 4 aromatic rings. The summed E-state index contributed by atoms with van der Waals surface area (Å²) < 4.78 is 9.78. The molecule has 0 saturated carbocycles. The van der Waals surface area contributed by atoms with E-state index in [1.807, 2.05) is 17.7 Å². The fourth-order valence-electron chi connectivity index (χ4n) is 3.28. The zero-order chi connectivity index (χ0) is 18.6. The van der Waals surface area contributed by atoms with Gasteiger partial charge in [-0.05, 0) is 29.3 Å². The van der Waals surface area contributed by atoms with Crippen LogP contribution in [0.4, 0.5) is 0 Å². The molecule has 0 amide bonds. The van der Waals surface area contributed by atoms with E-state index in [0.29, 0.717) is 0 Å². The predicted molar refractivity (Wildman–Crippen MR) is 111 cm³/mol. The summed E-state index contributed by atoms with van der Waals surface area (Å²) in [5, 5.41) is 1.20. The van der Waals surface area contributed by atoms with Crippen molar-refractivity contribution in [2.45, 2.75) is 6.54 Å². The zero-order valence-corrected chi connectivity index (χ0v) is 18.2. The lowest BCUT2D eigenvalue weighted by molar-refractivity contribution is -0.671. The number of nitrogens with zero attached hydrogens (tertiary/aromatic N) is 2. The van der Waals surface area contributed by atoms with E-state index in [0.717, 1.165) is 12.3 Å². The van der Waals surface area contributed by atoms with Crippen LogP contribution in [0.15, 0.2) is 79.3 Å². The van der Waals surface area contributed by atoms with E-state index in [9.17, 15) is 0 Å². The Bertz CT molecular complexity index is 1080. The van der Waals surface area contributed by atoms with E-state index in [1.165, 1.54) is 27.6 Å². The highest BCUT2D eigenvalue weighted by Gasteiger charge is 2.09. The third-order valence-corrected chi connectivity index (χ3v) is 4.77. The van der Waals surface area contributed by atoms with Crippen LogP contribution in [0.5, 0.6) is 5.75 Å². The number of rotatable bonds is 5. The summed E-state index contributed by atoms with van der Waals surface area (Å²) in [6, 6.07) is 21.0. The lowest BCUT2D eigenvalue weighted by Gasteiger charge is -2.06. The Morgan fingerprint density at radius 3 is 2.43 bits per heavy atom. The Kier molecular flexibility index (Phi) is 6.52. The molecule has 4 rings (SSSR count). The number of aromatic nitrogens is 2. The number of aryl methyl sites for hydroxylation is 1. The van der Waals surface area contributed by atoms with Gasteiger partial charge in [-0.1, -0.05) is 42.5 Å². The lowest BCUT2D eigenvalue weighted by Crippen LogP contribution is -3.00. The molecule has 0 aliphatic rings. The van der Waals surface area contributed by atoms with Gasteiger partial charge in [-0.25, -0.2) is 4.57 Å². The van der Waals surface area contributed by atoms with Gasteiger partial charge in [0.1, 0.15) is 12.8 Å². The van der Waals surface area contributed by atoms with Gasteiger partial charge >= 0.3 is 0 Å². The Hall–Kier alpha value is -2.60. The molecule has 0 aliphatic carbocycles. The summed E-state index contributed by atoms with van der Waals surface area (Å²) in [6.45, 7) is 0.846. The van der Waals surface area contributed by atoms with Gasteiger partial charge < -0.3 is 33.3 Å². The molecule has 0 spiro atoms. The van der Waals surface area contributed by atoms with Gasteiger partial charge in [0.2, 0.25) is 0 Å². The fraction of sp³-hybridized carbons (Fsp3) is 0.125. The Morgan fingerprint density at radius 1 is 0.964 bits per heavy atom. The molecular weight excluding hydrogens is 459 g/mol. The summed E-state index contributed by atoms with van der Waals surface area (Å²) in [7, 11) is 3.73. The van der Waals surface area contributed by atoms with Crippen molar-refractivity contribution in [1.82, 2.24) is 4.57 Å². The van der Waals surface area contributed by atoms with E-state index < -0.39 is 0 Å². The van der Waals surface area contributed by atoms with Gasteiger partial charge in [-0.15, -0.1) is 0 Å². The number of halogens is 1. The molecule has 0 aliphatic heterocycles. The van der Waals surface area contributed by atoms with Gasteiger partial charge in [0.05, 0.1) is 7.11 Å². The maximum absolute atomic E-state index is 5.44. The van der Waals surface area contributed by atoms with Crippen LogP contribution in [-0.4, -0.2) is 11.7 Å². The van der Waals surface area contributed by atoms with E-state index in [-0.39, 0.29) is 24.0 Å². The van der Waals surface area contributed by atoms with Crippen molar-refractivity contribution in [3.05, 3.63) is 95.9 Å². The van der Waals surface area contributed by atoms with Crippen molar-refractivity contribution in [2.24, 2.45) is 7.05 Å². The van der Waals surface area contributed by atoms with Crippen molar-refractivity contribution in [1.29, 1.82) is 0 Å². The minimum absolute atomic E-state index is 0. The molecule has 4 heteroatoms. The highest BCUT2D eigenvalue weighted by Crippen LogP contribution is 2.28. The van der Waals surface area contributed by atoms with Crippen LogP contribution in [0, 0.1) is 0 Å². The van der Waals surface area contributed by atoms with E-state index >= 15 is 0 Å². The SMILES string of the molecule is COc1ccc2c(c1)c(C=Cc1cc[n+](C)cc1)cn2Cc1ccccc1.[I-]. The number of hydrogen-bond acceptors (Lipinski definition) is 1. The van der Waals surface area contributed by atoms with Crippen LogP contribution in [0.2, 0.25) is 0 Å². The summed E-state index contributed by atoms with van der Waals surface area (Å²) in [5.41, 5.74) is 4.86. The lowest BCUT2D eigenvalue weighted by atomic mass is 10.1. The van der Waals surface area contributed by atoms with Crippen molar-refractivity contribution in [2.75, 3.05) is 7.11 Å².